The highest BCUT2D eigenvalue weighted by molar-refractivity contribution is 6.11. The molecule has 4 nitrogen and oxygen atoms in total. The maximum absolute atomic E-state index is 13.0. The minimum absolute atomic E-state index is 0.0523. The predicted octanol–water partition coefficient (Wildman–Crippen LogP) is 5.77. The van der Waals surface area contributed by atoms with Crippen molar-refractivity contribution in [2.45, 2.75) is 13.5 Å². The van der Waals surface area contributed by atoms with Crippen molar-refractivity contribution < 1.29 is 9.53 Å². The van der Waals surface area contributed by atoms with Crippen LogP contribution in [0.5, 0.6) is 5.75 Å². The van der Waals surface area contributed by atoms with Gasteiger partial charge in [-0.3, -0.25) is 4.79 Å². The van der Waals surface area contributed by atoms with Gasteiger partial charge in [0.25, 0.3) is 0 Å². The number of hydrogen-bond acceptors (Lipinski definition) is 2. The van der Waals surface area contributed by atoms with Gasteiger partial charge < -0.3 is 14.7 Å². The Bertz CT molecular complexity index is 1330. The monoisotopic (exact) mass is 380 g/mol. The Kier molecular flexibility index (Phi) is 4.17. The number of aromatic nitrogens is 2. The molecule has 29 heavy (non-hydrogen) atoms. The smallest absolute Gasteiger partial charge is 0.225 e. The molecular weight excluding hydrogens is 360 g/mol. The number of ether oxygens (including phenoxy) is 1. The molecule has 4 heteroatoms. The van der Waals surface area contributed by atoms with Crippen molar-refractivity contribution in [3.05, 3.63) is 101 Å². The molecule has 0 amide bonds. The number of aryl methyl sites for hydroxylation is 1. The van der Waals surface area contributed by atoms with E-state index in [0.717, 1.165) is 38.7 Å². The lowest BCUT2D eigenvalue weighted by Crippen LogP contribution is -2.01. The van der Waals surface area contributed by atoms with Crippen LogP contribution in [0.15, 0.2) is 78.9 Å². The van der Waals surface area contributed by atoms with Gasteiger partial charge in [0.1, 0.15) is 12.4 Å². The second-order valence-corrected chi connectivity index (χ2v) is 7.25. The summed E-state index contributed by atoms with van der Waals surface area (Å²) < 4.78 is 5.90. The molecule has 0 spiro atoms. The van der Waals surface area contributed by atoms with Crippen molar-refractivity contribution in [1.29, 1.82) is 0 Å². The molecule has 0 saturated heterocycles. The van der Waals surface area contributed by atoms with Crippen LogP contribution in [0.4, 0.5) is 0 Å². The molecule has 0 saturated carbocycles. The Balaban J connectivity index is 1.41. The van der Waals surface area contributed by atoms with Crippen LogP contribution in [0, 0.1) is 6.92 Å². The Hall–Kier alpha value is -3.79. The van der Waals surface area contributed by atoms with E-state index in [2.05, 4.69) is 9.97 Å². The molecule has 0 aliphatic carbocycles. The largest absolute Gasteiger partial charge is 0.489 e. The van der Waals surface area contributed by atoms with Crippen molar-refractivity contribution in [1.82, 2.24) is 9.97 Å². The molecule has 3 aromatic carbocycles. The van der Waals surface area contributed by atoms with E-state index in [1.165, 1.54) is 0 Å². The highest BCUT2D eigenvalue weighted by atomic mass is 16.5. The number of benzene rings is 3. The van der Waals surface area contributed by atoms with Gasteiger partial charge in [-0.1, -0.05) is 42.5 Å². The zero-order valence-electron chi connectivity index (χ0n) is 16.0. The molecule has 5 aromatic rings. The number of aromatic amines is 2. The van der Waals surface area contributed by atoms with E-state index in [1.807, 2.05) is 85.8 Å². The van der Waals surface area contributed by atoms with Gasteiger partial charge in [0.2, 0.25) is 5.78 Å². The van der Waals surface area contributed by atoms with Gasteiger partial charge >= 0.3 is 0 Å². The van der Waals surface area contributed by atoms with Gasteiger partial charge in [-0.05, 0) is 54.4 Å². The quantitative estimate of drug-likeness (QED) is 0.380. The highest BCUT2D eigenvalue weighted by Gasteiger charge is 2.15. The Labute approximate surface area is 168 Å². The fourth-order valence-electron chi connectivity index (χ4n) is 3.64. The van der Waals surface area contributed by atoms with Gasteiger partial charge in [0.05, 0.1) is 11.4 Å². The average Bonchev–Trinajstić information content (AvgIpc) is 3.37. The summed E-state index contributed by atoms with van der Waals surface area (Å²) in [6.07, 6.45) is 0. The molecule has 2 N–H and O–H groups in total. The number of nitrogens with one attached hydrogen (secondary N) is 2. The van der Waals surface area contributed by atoms with Crippen molar-refractivity contribution in [2.75, 3.05) is 0 Å². The molecule has 2 heterocycles. The summed E-state index contributed by atoms with van der Waals surface area (Å²) in [5, 5.41) is 2.02. The third kappa shape index (κ3) is 3.29. The summed E-state index contributed by atoms with van der Waals surface area (Å²) >= 11 is 0. The molecule has 5 rings (SSSR count). The second kappa shape index (κ2) is 6.99. The molecule has 0 aliphatic rings. The molecule has 0 aliphatic heterocycles. The second-order valence-electron chi connectivity index (χ2n) is 7.25. The summed E-state index contributed by atoms with van der Waals surface area (Å²) in [5.74, 6) is 0.726. The average molecular weight is 380 g/mol. The van der Waals surface area contributed by atoms with E-state index in [0.29, 0.717) is 18.0 Å². The lowest BCUT2D eigenvalue weighted by atomic mass is 10.1. The van der Waals surface area contributed by atoms with E-state index in [1.54, 1.807) is 0 Å². The summed E-state index contributed by atoms with van der Waals surface area (Å²) in [5.41, 5.74) is 5.29. The zero-order chi connectivity index (χ0) is 19.8. The van der Waals surface area contributed by atoms with Crippen LogP contribution in [0.2, 0.25) is 0 Å². The van der Waals surface area contributed by atoms with Crippen LogP contribution in [0.3, 0.4) is 0 Å². The van der Waals surface area contributed by atoms with E-state index >= 15 is 0 Å². The molecular formula is C25H20N2O2. The number of rotatable bonds is 5. The normalized spacial score (nSPS) is 11.2. The summed E-state index contributed by atoms with van der Waals surface area (Å²) in [4.78, 5) is 19.5. The topological polar surface area (TPSA) is 57.9 Å². The fourth-order valence-corrected chi connectivity index (χ4v) is 3.64. The van der Waals surface area contributed by atoms with Gasteiger partial charge in [0, 0.05) is 21.8 Å². The van der Waals surface area contributed by atoms with Crippen LogP contribution in [-0.2, 0) is 6.61 Å². The summed E-state index contributed by atoms with van der Waals surface area (Å²) in [6, 6.07) is 25.7. The first-order valence-corrected chi connectivity index (χ1v) is 9.60. The number of carbonyl (C=O) groups is 1. The maximum atomic E-state index is 13.0. The van der Waals surface area contributed by atoms with Crippen LogP contribution < -0.4 is 4.74 Å². The number of ketones is 1. The van der Waals surface area contributed by atoms with Gasteiger partial charge in [-0.25, -0.2) is 0 Å². The van der Waals surface area contributed by atoms with Crippen molar-refractivity contribution in [2.24, 2.45) is 0 Å². The number of fused-ring (bicyclic) bond motifs is 2. The Morgan fingerprint density at radius 2 is 1.62 bits per heavy atom. The number of hydrogen-bond donors (Lipinski definition) is 2. The third-order valence-corrected chi connectivity index (χ3v) is 5.21. The van der Waals surface area contributed by atoms with Gasteiger partial charge in [-0.2, -0.15) is 0 Å². The van der Waals surface area contributed by atoms with Crippen molar-refractivity contribution in [3.8, 4) is 5.75 Å². The zero-order valence-corrected chi connectivity index (χ0v) is 16.0. The SMILES string of the molecule is Cc1cccc2[nH]c(C(=O)c3cc4cc(OCc5ccccc5)ccc4[nH]3)cc12. The first-order valence-electron chi connectivity index (χ1n) is 9.60. The molecule has 0 unspecified atom stereocenters. The van der Waals surface area contributed by atoms with E-state index in [-0.39, 0.29) is 5.78 Å². The molecule has 2 aromatic heterocycles. The Morgan fingerprint density at radius 3 is 2.45 bits per heavy atom. The fraction of sp³-hybridized carbons (Fsp3) is 0.0800. The predicted molar refractivity (Wildman–Crippen MR) is 116 cm³/mol. The van der Waals surface area contributed by atoms with Gasteiger partial charge in [-0.15, -0.1) is 0 Å². The third-order valence-electron chi connectivity index (χ3n) is 5.21. The minimum Gasteiger partial charge on any atom is -0.489 e. The first-order chi connectivity index (χ1) is 14.2. The van der Waals surface area contributed by atoms with Gasteiger partial charge in [0.15, 0.2) is 0 Å². The molecule has 0 bridgehead atoms. The Morgan fingerprint density at radius 1 is 0.828 bits per heavy atom. The first kappa shape index (κ1) is 17.3. The van der Waals surface area contributed by atoms with E-state index in [9.17, 15) is 4.79 Å². The van der Waals surface area contributed by atoms with Crippen molar-refractivity contribution in [3.63, 3.8) is 0 Å². The summed E-state index contributed by atoms with van der Waals surface area (Å²) in [6.45, 7) is 2.56. The standard InChI is InChI=1S/C25H20N2O2/c1-16-6-5-9-22-20(16)14-24(27-22)25(28)23-13-18-12-19(10-11-21(18)26-23)29-15-17-7-3-2-4-8-17/h2-14,26-27H,15H2,1H3. The number of H-pyrrole nitrogens is 2. The van der Waals surface area contributed by atoms with Crippen molar-refractivity contribution >= 4 is 27.6 Å². The highest BCUT2D eigenvalue weighted by Crippen LogP contribution is 2.25. The summed E-state index contributed by atoms with van der Waals surface area (Å²) in [7, 11) is 0. The van der Waals surface area contributed by atoms with Crippen LogP contribution in [0.25, 0.3) is 21.8 Å². The molecule has 0 atom stereocenters. The van der Waals surface area contributed by atoms with Crippen LogP contribution >= 0.6 is 0 Å². The molecule has 0 fully saturated rings. The lowest BCUT2D eigenvalue weighted by Gasteiger charge is -2.06. The van der Waals surface area contributed by atoms with Crippen LogP contribution in [0.1, 0.15) is 27.3 Å². The lowest BCUT2D eigenvalue weighted by molar-refractivity contribution is 0.103. The number of carbonyl (C=O) groups excluding carboxylic acids is 1. The van der Waals surface area contributed by atoms with Crippen LogP contribution in [-0.4, -0.2) is 15.8 Å². The minimum atomic E-state index is -0.0523. The maximum Gasteiger partial charge on any atom is 0.225 e. The van der Waals surface area contributed by atoms with E-state index in [4.69, 9.17) is 4.74 Å². The molecule has 0 radical (unpaired) electrons. The van der Waals surface area contributed by atoms with E-state index < -0.39 is 0 Å². The molecule has 142 valence electrons.